The van der Waals surface area contributed by atoms with Crippen LogP contribution in [0.2, 0.25) is 5.02 Å². The van der Waals surface area contributed by atoms with Gasteiger partial charge in [-0.2, -0.15) is 0 Å². The zero-order valence-corrected chi connectivity index (χ0v) is 12.0. The van der Waals surface area contributed by atoms with Crippen molar-refractivity contribution in [1.29, 1.82) is 0 Å². The molecule has 0 aliphatic heterocycles. The normalized spacial score (nSPS) is 10.6. The third kappa shape index (κ3) is 3.01. The first-order valence-electron chi connectivity index (χ1n) is 5.86. The number of benzene rings is 2. The average molecular weight is 279 g/mol. The molecular formula is C15H15ClOS. The van der Waals surface area contributed by atoms with Gasteiger partial charge in [0.2, 0.25) is 0 Å². The standard InChI is InChI=1S/C15H15ClOS/c1-3-11-8-15(14(17)9-13(11)16)18-12-6-4-10(2)5-7-12/h4-9,17H,3H2,1-2H3. The molecule has 0 aliphatic rings. The zero-order valence-electron chi connectivity index (χ0n) is 10.4. The van der Waals surface area contributed by atoms with Crippen LogP contribution in [0, 0.1) is 6.92 Å². The van der Waals surface area contributed by atoms with E-state index in [1.807, 2.05) is 6.07 Å². The van der Waals surface area contributed by atoms with Gasteiger partial charge in [0.25, 0.3) is 0 Å². The molecule has 2 aromatic carbocycles. The molecule has 3 heteroatoms. The van der Waals surface area contributed by atoms with Crippen LogP contribution >= 0.6 is 23.4 Å². The van der Waals surface area contributed by atoms with E-state index in [9.17, 15) is 5.11 Å². The maximum Gasteiger partial charge on any atom is 0.130 e. The smallest absolute Gasteiger partial charge is 0.130 e. The van der Waals surface area contributed by atoms with Crippen LogP contribution in [0.25, 0.3) is 0 Å². The Morgan fingerprint density at radius 1 is 1.17 bits per heavy atom. The molecular weight excluding hydrogens is 264 g/mol. The monoisotopic (exact) mass is 278 g/mol. The highest BCUT2D eigenvalue weighted by molar-refractivity contribution is 7.99. The first-order valence-corrected chi connectivity index (χ1v) is 7.05. The number of rotatable bonds is 3. The second kappa shape index (κ2) is 5.68. The van der Waals surface area contributed by atoms with Crippen molar-refractivity contribution < 1.29 is 5.11 Å². The number of aryl methyl sites for hydroxylation is 2. The quantitative estimate of drug-likeness (QED) is 0.846. The molecule has 0 saturated carbocycles. The van der Waals surface area contributed by atoms with Crippen molar-refractivity contribution in [1.82, 2.24) is 0 Å². The van der Waals surface area contributed by atoms with Crippen molar-refractivity contribution in [3.05, 3.63) is 52.5 Å². The Morgan fingerprint density at radius 2 is 1.83 bits per heavy atom. The van der Waals surface area contributed by atoms with Crippen molar-refractivity contribution in [2.45, 2.75) is 30.1 Å². The van der Waals surface area contributed by atoms with Gasteiger partial charge in [-0.15, -0.1) is 0 Å². The number of phenolic OH excluding ortho intramolecular Hbond substituents is 1. The van der Waals surface area contributed by atoms with Gasteiger partial charge in [-0.1, -0.05) is 48.0 Å². The van der Waals surface area contributed by atoms with Gasteiger partial charge in [0.1, 0.15) is 5.75 Å². The molecule has 18 heavy (non-hydrogen) atoms. The highest BCUT2D eigenvalue weighted by Gasteiger charge is 2.08. The summed E-state index contributed by atoms with van der Waals surface area (Å²) in [7, 11) is 0. The van der Waals surface area contributed by atoms with Gasteiger partial charge in [-0.05, 0) is 43.2 Å². The summed E-state index contributed by atoms with van der Waals surface area (Å²) in [4.78, 5) is 1.96. The van der Waals surface area contributed by atoms with Gasteiger partial charge in [0, 0.05) is 9.92 Å². The number of aromatic hydroxyl groups is 1. The maximum absolute atomic E-state index is 9.92. The molecule has 0 heterocycles. The van der Waals surface area contributed by atoms with E-state index in [-0.39, 0.29) is 5.75 Å². The van der Waals surface area contributed by atoms with Crippen molar-refractivity contribution >= 4 is 23.4 Å². The highest BCUT2D eigenvalue weighted by atomic mass is 35.5. The first kappa shape index (κ1) is 13.3. The minimum Gasteiger partial charge on any atom is -0.507 e. The van der Waals surface area contributed by atoms with Gasteiger partial charge in [0.15, 0.2) is 0 Å². The lowest BCUT2D eigenvalue weighted by Crippen LogP contribution is -1.85. The molecule has 0 unspecified atom stereocenters. The zero-order chi connectivity index (χ0) is 13.1. The molecule has 0 aromatic heterocycles. The first-order chi connectivity index (χ1) is 8.60. The van der Waals surface area contributed by atoms with Gasteiger partial charge in [-0.25, -0.2) is 0 Å². The van der Waals surface area contributed by atoms with E-state index in [1.54, 1.807) is 17.8 Å². The number of hydrogen-bond acceptors (Lipinski definition) is 2. The number of hydrogen-bond donors (Lipinski definition) is 1. The molecule has 0 radical (unpaired) electrons. The Balaban J connectivity index is 2.31. The average Bonchev–Trinajstić information content (AvgIpc) is 2.35. The molecule has 0 fully saturated rings. The van der Waals surface area contributed by atoms with Crippen LogP contribution in [0.5, 0.6) is 5.75 Å². The van der Waals surface area contributed by atoms with Crippen LogP contribution in [-0.2, 0) is 6.42 Å². The summed E-state index contributed by atoms with van der Waals surface area (Å²) in [5.41, 5.74) is 2.29. The fourth-order valence-corrected chi connectivity index (χ4v) is 2.85. The highest BCUT2D eigenvalue weighted by Crippen LogP contribution is 2.37. The van der Waals surface area contributed by atoms with Gasteiger partial charge in [0.05, 0.1) is 4.90 Å². The molecule has 0 aliphatic carbocycles. The van der Waals surface area contributed by atoms with Gasteiger partial charge in [-0.3, -0.25) is 0 Å². The Labute approximate surface area is 117 Å². The fraction of sp³-hybridized carbons (Fsp3) is 0.200. The Hall–Kier alpha value is -1.12. The minimum absolute atomic E-state index is 0.239. The molecule has 2 aromatic rings. The molecule has 2 rings (SSSR count). The summed E-state index contributed by atoms with van der Waals surface area (Å²) in [6.45, 7) is 4.11. The van der Waals surface area contributed by atoms with Gasteiger partial charge < -0.3 is 5.11 Å². The fourth-order valence-electron chi connectivity index (χ4n) is 1.67. The molecule has 0 amide bonds. The summed E-state index contributed by atoms with van der Waals surface area (Å²) in [5.74, 6) is 0.239. The Morgan fingerprint density at radius 3 is 2.44 bits per heavy atom. The Bertz CT molecular complexity index is 549. The Kier molecular flexibility index (Phi) is 4.20. The molecule has 0 saturated heterocycles. The van der Waals surface area contributed by atoms with E-state index in [2.05, 4.69) is 38.1 Å². The van der Waals surface area contributed by atoms with Crippen molar-refractivity contribution in [2.24, 2.45) is 0 Å². The molecule has 1 N–H and O–H groups in total. The van der Waals surface area contributed by atoms with Crippen molar-refractivity contribution in [3.8, 4) is 5.75 Å². The minimum atomic E-state index is 0.239. The summed E-state index contributed by atoms with van der Waals surface area (Å²) in [5, 5.41) is 10.5. The molecule has 0 atom stereocenters. The summed E-state index contributed by atoms with van der Waals surface area (Å²) in [6, 6.07) is 11.8. The largest absolute Gasteiger partial charge is 0.507 e. The van der Waals surface area contributed by atoms with E-state index in [1.165, 1.54) is 5.56 Å². The van der Waals surface area contributed by atoms with Gasteiger partial charge >= 0.3 is 0 Å². The third-order valence-corrected chi connectivity index (χ3v) is 4.16. The lowest BCUT2D eigenvalue weighted by atomic mass is 10.2. The van der Waals surface area contributed by atoms with Crippen LogP contribution in [0.1, 0.15) is 18.1 Å². The summed E-state index contributed by atoms with van der Waals surface area (Å²) >= 11 is 7.61. The summed E-state index contributed by atoms with van der Waals surface area (Å²) < 4.78 is 0. The molecule has 0 bridgehead atoms. The van der Waals surface area contributed by atoms with Crippen LogP contribution < -0.4 is 0 Å². The van der Waals surface area contributed by atoms with Crippen LogP contribution in [0.15, 0.2) is 46.2 Å². The van der Waals surface area contributed by atoms with E-state index < -0.39 is 0 Å². The van der Waals surface area contributed by atoms with Crippen LogP contribution in [0.3, 0.4) is 0 Å². The SMILES string of the molecule is CCc1cc(Sc2ccc(C)cc2)c(O)cc1Cl. The topological polar surface area (TPSA) is 20.2 Å². The predicted molar refractivity (Wildman–Crippen MR) is 77.8 cm³/mol. The van der Waals surface area contributed by atoms with E-state index in [0.717, 1.165) is 21.8 Å². The van der Waals surface area contributed by atoms with Crippen molar-refractivity contribution in [3.63, 3.8) is 0 Å². The number of phenols is 1. The molecule has 0 spiro atoms. The van der Waals surface area contributed by atoms with Crippen LogP contribution in [-0.4, -0.2) is 5.11 Å². The van der Waals surface area contributed by atoms with E-state index in [0.29, 0.717) is 5.02 Å². The second-order valence-corrected chi connectivity index (χ2v) is 5.70. The predicted octanol–water partition coefficient (Wildman–Crippen LogP) is 5.07. The van der Waals surface area contributed by atoms with Crippen LogP contribution in [0.4, 0.5) is 0 Å². The lowest BCUT2D eigenvalue weighted by Gasteiger charge is -2.08. The van der Waals surface area contributed by atoms with E-state index in [4.69, 9.17) is 11.6 Å². The van der Waals surface area contributed by atoms with Crippen molar-refractivity contribution in [2.75, 3.05) is 0 Å². The second-order valence-electron chi connectivity index (χ2n) is 4.18. The third-order valence-electron chi connectivity index (χ3n) is 2.76. The number of halogens is 1. The maximum atomic E-state index is 9.92. The van der Waals surface area contributed by atoms with E-state index >= 15 is 0 Å². The molecule has 1 nitrogen and oxygen atoms in total. The lowest BCUT2D eigenvalue weighted by molar-refractivity contribution is 0.462. The summed E-state index contributed by atoms with van der Waals surface area (Å²) in [6.07, 6.45) is 0.862. The molecule has 94 valence electrons.